The highest BCUT2D eigenvalue weighted by atomic mass is 16.2. The summed E-state index contributed by atoms with van der Waals surface area (Å²) in [5, 5.41) is 0. The van der Waals surface area contributed by atoms with Crippen LogP contribution in [0, 0.1) is 6.92 Å². The highest BCUT2D eigenvalue weighted by Crippen LogP contribution is 2.42. The zero-order valence-corrected chi connectivity index (χ0v) is 13.2. The highest BCUT2D eigenvalue weighted by molar-refractivity contribution is 5.96. The standard InChI is InChI=1S/C20H18N2O/c1-14-9-11-16(12-10-14)20-19-8-5-13-21(19)17-6-3-4-7-18(17)22(20)15(2)23/h3-13,20H,1-2H3. The molecule has 1 unspecified atom stereocenters. The number of aromatic nitrogens is 1. The minimum Gasteiger partial charge on any atom is -0.316 e. The second-order valence-corrected chi connectivity index (χ2v) is 5.99. The number of nitrogens with zero attached hydrogens (tertiary/aromatic N) is 2. The van der Waals surface area contributed by atoms with E-state index in [1.807, 2.05) is 29.2 Å². The van der Waals surface area contributed by atoms with Crippen LogP contribution in [0.2, 0.25) is 0 Å². The molecule has 23 heavy (non-hydrogen) atoms. The minimum absolute atomic E-state index is 0.0514. The van der Waals surface area contributed by atoms with Gasteiger partial charge in [-0.25, -0.2) is 0 Å². The Balaban J connectivity index is 1.98. The second kappa shape index (κ2) is 5.13. The number of carbonyl (C=O) groups excluding carboxylic acids is 1. The summed E-state index contributed by atoms with van der Waals surface area (Å²) in [5.74, 6) is 0.0514. The van der Waals surface area contributed by atoms with Gasteiger partial charge in [-0.1, -0.05) is 42.0 Å². The first kappa shape index (κ1) is 13.8. The predicted octanol–water partition coefficient (Wildman–Crippen LogP) is 4.24. The molecule has 0 bridgehead atoms. The van der Waals surface area contributed by atoms with Gasteiger partial charge in [0.05, 0.1) is 17.1 Å². The summed E-state index contributed by atoms with van der Waals surface area (Å²) in [6, 6.07) is 20.5. The predicted molar refractivity (Wildman–Crippen MR) is 92.0 cm³/mol. The maximum absolute atomic E-state index is 12.5. The van der Waals surface area contributed by atoms with Gasteiger partial charge in [0.2, 0.25) is 5.91 Å². The number of rotatable bonds is 1. The van der Waals surface area contributed by atoms with Crippen LogP contribution in [-0.2, 0) is 4.79 Å². The van der Waals surface area contributed by atoms with Gasteiger partial charge in [0.1, 0.15) is 6.04 Å². The van der Waals surface area contributed by atoms with Crippen molar-refractivity contribution in [1.82, 2.24) is 4.57 Å². The maximum atomic E-state index is 12.5. The van der Waals surface area contributed by atoms with Gasteiger partial charge in [0.15, 0.2) is 0 Å². The summed E-state index contributed by atoms with van der Waals surface area (Å²) >= 11 is 0. The molecule has 0 aliphatic carbocycles. The number of hydrogen-bond donors (Lipinski definition) is 0. The Morgan fingerprint density at radius 3 is 2.30 bits per heavy atom. The Morgan fingerprint density at radius 1 is 0.913 bits per heavy atom. The van der Waals surface area contributed by atoms with E-state index in [0.29, 0.717) is 0 Å². The quantitative estimate of drug-likeness (QED) is 0.660. The Bertz CT molecular complexity index is 877. The lowest BCUT2D eigenvalue weighted by Crippen LogP contribution is -2.38. The van der Waals surface area contributed by atoms with Crippen molar-refractivity contribution in [2.45, 2.75) is 19.9 Å². The molecule has 1 aromatic heterocycles. The van der Waals surface area contributed by atoms with Crippen LogP contribution in [0.4, 0.5) is 5.69 Å². The highest BCUT2D eigenvalue weighted by Gasteiger charge is 2.34. The number of benzene rings is 2. The van der Waals surface area contributed by atoms with Gasteiger partial charge in [0, 0.05) is 13.1 Å². The summed E-state index contributed by atoms with van der Waals surface area (Å²) in [7, 11) is 0. The van der Waals surface area contributed by atoms with Crippen molar-refractivity contribution in [3.63, 3.8) is 0 Å². The van der Waals surface area contributed by atoms with Crippen LogP contribution in [0.15, 0.2) is 66.9 Å². The van der Waals surface area contributed by atoms with Crippen molar-refractivity contribution in [3.05, 3.63) is 83.7 Å². The van der Waals surface area contributed by atoms with E-state index < -0.39 is 0 Å². The SMILES string of the molecule is CC(=O)N1c2ccccc2-n2cccc2C1c1ccc(C)cc1. The van der Waals surface area contributed by atoms with Gasteiger partial charge in [-0.05, 0) is 36.8 Å². The topological polar surface area (TPSA) is 25.2 Å². The summed E-state index contributed by atoms with van der Waals surface area (Å²) in [6.07, 6.45) is 2.06. The van der Waals surface area contributed by atoms with E-state index in [1.54, 1.807) is 6.92 Å². The Hall–Kier alpha value is -2.81. The van der Waals surface area contributed by atoms with Crippen molar-refractivity contribution in [1.29, 1.82) is 0 Å². The number of para-hydroxylation sites is 2. The van der Waals surface area contributed by atoms with Crippen molar-refractivity contribution in [3.8, 4) is 5.69 Å². The molecule has 2 heterocycles. The van der Waals surface area contributed by atoms with Gasteiger partial charge in [-0.3, -0.25) is 9.69 Å². The van der Waals surface area contributed by atoms with E-state index in [2.05, 4.69) is 54.1 Å². The first-order valence-electron chi connectivity index (χ1n) is 7.80. The number of hydrogen-bond acceptors (Lipinski definition) is 1. The molecule has 3 aromatic rings. The molecule has 1 aliphatic rings. The molecule has 0 spiro atoms. The van der Waals surface area contributed by atoms with Crippen LogP contribution in [0.25, 0.3) is 5.69 Å². The lowest BCUT2D eigenvalue weighted by Gasteiger charge is -2.38. The molecular formula is C20H18N2O. The fourth-order valence-electron chi connectivity index (χ4n) is 3.40. The molecule has 0 saturated carbocycles. The van der Waals surface area contributed by atoms with Crippen LogP contribution < -0.4 is 4.90 Å². The molecule has 1 amide bonds. The number of anilines is 1. The van der Waals surface area contributed by atoms with E-state index in [-0.39, 0.29) is 11.9 Å². The van der Waals surface area contributed by atoms with Crippen LogP contribution in [0.3, 0.4) is 0 Å². The molecule has 3 nitrogen and oxygen atoms in total. The van der Waals surface area contributed by atoms with Gasteiger partial charge >= 0.3 is 0 Å². The molecule has 2 aromatic carbocycles. The molecule has 0 saturated heterocycles. The fourth-order valence-corrected chi connectivity index (χ4v) is 3.40. The van der Waals surface area contributed by atoms with Crippen molar-refractivity contribution in [2.24, 2.45) is 0 Å². The minimum atomic E-state index is -0.0991. The van der Waals surface area contributed by atoms with Crippen LogP contribution in [0.5, 0.6) is 0 Å². The molecule has 1 atom stereocenters. The van der Waals surface area contributed by atoms with Crippen molar-refractivity contribution >= 4 is 11.6 Å². The lowest BCUT2D eigenvalue weighted by atomic mass is 9.97. The zero-order valence-electron chi connectivity index (χ0n) is 13.2. The number of amides is 1. The normalized spacial score (nSPS) is 15.9. The second-order valence-electron chi connectivity index (χ2n) is 5.99. The summed E-state index contributed by atoms with van der Waals surface area (Å²) in [6.45, 7) is 3.71. The Kier molecular flexibility index (Phi) is 3.08. The van der Waals surface area contributed by atoms with E-state index in [1.165, 1.54) is 5.56 Å². The molecule has 1 aliphatic heterocycles. The largest absolute Gasteiger partial charge is 0.316 e. The van der Waals surface area contributed by atoms with Crippen molar-refractivity contribution in [2.75, 3.05) is 4.90 Å². The molecule has 0 N–H and O–H groups in total. The summed E-state index contributed by atoms with van der Waals surface area (Å²) in [5.41, 5.74) is 5.46. The number of aryl methyl sites for hydroxylation is 1. The van der Waals surface area contributed by atoms with Crippen LogP contribution >= 0.6 is 0 Å². The van der Waals surface area contributed by atoms with E-state index >= 15 is 0 Å². The van der Waals surface area contributed by atoms with Gasteiger partial charge < -0.3 is 4.57 Å². The van der Waals surface area contributed by atoms with Gasteiger partial charge in [-0.2, -0.15) is 0 Å². The molecule has 0 fully saturated rings. The first-order valence-corrected chi connectivity index (χ1v) is 7.80. The monoisotopic (exact) mass is 302 g/mol. The lowest BCUT2D eigenvalue weighted by molar-refractivity contribution is -0.117. The average Bonchev–Trinajstić information content (AvgIpc) is 3.04. The van der Waals surface area contributed by atoms with Crippen LogP contribution in [0.1, 0.15) is 29.8 Å². The molecule has 114 valence electrons. The van der Waals surface area contributed by atoms with E-state index in [0.717, 1.165) is 22.6 Å². The third-order valence-electron chi connectivity index (χ3n) is 4.45. The first-order chi connectivity index (χ1) is 11.2. The molecule has 3 heteroatoms. The zero-order chi connectivity index (χ0) is 16.0. The summed E-state index contributed by atoms with van der Waals surface area (Å²) in [4.78, 5) is 14.4. The van der Waals surface area contributed by atoms with Crippen molar-refractivity contribution < 1.29 is 4.79 Å². The maximum Gasteiger partial charge on any atom is 0.224 e. The third-order valence-corrected chi connectivity index (χ3v) is 4.45. The van der Waals surface area contributed by atoms with Crippen LogP contribution in [-0.4, -0.2) is 10.5 Å². The third kappa shape index (κ3) is 2.08. The average molecular weight is 302 g/mol. The number of carbonyl (C=O) groups is 1. The number of fused-ring (bicyclic) bond motifs is 3. The van der Waals surface area contributed by atoms with E-state index in [4.69, 9.17) is 0 Å². The van der Waals surface area contributed by atoms with Gasteiger partial charge in [0.25, 0.3) is 0 Å². The van der Waals surface area contributed by atoms with E-state index in [9.17, 15) is 4.79 Å². The smallest absolute Gasteiger partial charge is 0.224 e. The molecule has 0 radical (unpaired) electrons. The molecular weight excluding hydrogens is 284 g/mol. The Labute approximate surface area is 135 Å². The van der Waals surface area contributed by atoms with Gasteiger partial charge in [-0.15, -0.1) is 0 Å². The fraction of sp³-hybridized carbons (Fsp3) is 0.150. The Morgan fingerprint density at radius 2 is 1.61 bits per heavy atom. The molecule has 4 rings (SSSR count). The summed E-state index contributed by atoms with van der Waals surface area (Å²) < 4.78 is 2.18.